The van der Waals surface area contributed by atoms with Crippen LogP contribution in [0.5, 0.6) is 0 Å². The summed E-state index contributed by atoms with van der Waals surface area (Å²) >= 11 is 0. The predicted molar refractivity (Wildman–Crippen MR) is 121 cm³/mol. The number of benzene rings is 1. The van der Waals surface area contributed by atoms with E-state index in [1.807, 2.05) is 11.8 Å². The van der Waals surface area contributed by atoms with E-state index in [2.05, 4.69) is 20.6 Å². The lowest BCUT2D eigenvalue weighted by Crippen LogP contribution is -2.44. The number of carbonyl (C=O) groups is 1. The number of nitrogens with one attached hydrogen (secondary N) is 2. The average Bonchev–Trinajstić information content (AvgIpc) is 3.55. The standard InChI is InChI=1S/C22H26FN5O4S/c1-13-11-32-10-9-28(13)20-17-12-33(30,31)22(2,23)18(17)26-19(27-20)14-3-5-15(6-4-14)24-21(29)25-16-7-8-16/h3-6,13,16H,7-12H2,1-2H3,(H2,24,25,29)/t13-,22?/m0/s1. The highest BCUT2D eigenvalue weighted by molar-refractivity contribution is 7.91. The van der Waals surface area contributed by atoms with Gasteiger partial charge >= 0.3 is 6.03 Å². The van der Waals surface area contributed by atoms with Gasteiger partial charge in [0.25, 0.3) is 0 Å². The second-order valence-electron chi connectivity index (χ2n) is 8.94. The molecule has 2 fully saturated rings. The highest BCUT2D eigenvalue weighted by Gasteiger charge is 2.52. The van der Waals surface area contributed by atoms with Crippen LogP contribution in [0, 0.1) is 0 Å². The number of urea groups is 1. The first-order chi connectivity index (χ1) is 15.7. The summed E-state index contributed by atoms with van der Waals surface area (Å²) in [6.07, 6.45) is 1.99. The lowest BCUT2D eigenvalue weighted by atomic mass is 10.1. The smallest absolute Gasteiger partial charge is 0.319 e. The zero-order valence-corrected chi connectivity index (χ0v) is 19.3. The minimum atomic E-state index is -4.07. The van der Waals surface area contributed by atoms with Gasteiger partial charge in [0.15, 0.2) is 15.7 Å². The topological polar surface area (TPSA) is 114 Å². The summed E-state index contributed by atoms with van der Waals surface area (Å²) in [7, 11) is -4.07. The Balaban J connectivity index is 1.51. The number of anilines is 2. The van der Waals surface area contributed by atoms with Crippen LogP contribution in [-0.2, 0) is 25.3 Å². The fraction of sp³-hybridized carbons (Fsp3) is 0.500. The molecule has 5 rings (SSSR count). The van der Waals surface area contributed by atoms with E-state index >= 15 is 4.39 Å². The van der Waals surface area contributed by atoms with Crippen molar-refractivity contribution >= 4 is 27.4 Å². The summed E-state index contributed by atoms with van der Waals surface area (Å²) in [4.78, 5) is 23.0. The van der Waals surface area contributed by atoms with Crippen LogP contribution in [0.3, 0.4) is 0 Å². The third kappa shape index (κ3) is 4.04. The van der Waals surface area contributed by atoms with Gasteiger partial charge in [0.05, 0.1) is 25.0 Å². The number of alkyl halides is 1. The number of fused-ring (bicyclic) bond motifs is 1. The molecule has 1 aromatic heterocycles. The Morgan fingerprint density at radius 1 is 1.24 bits per heavy atom. The van der Waals surface area contributed by atoms with E-state index in [0.717, 1.165) is 19.8 Å². The molecular weight excluding hydrogens is 449 g/mol. The Morgan fingerprint density at radius 3 is 2.64 bits per heavy atom. The van der Waals surface area contributed by atoms with Gasteiger partial charge in [0, 0.05) is 29.4 Å². The number of aromatic nitrogens is 2. The van der Waals surface area contributed by atoms with Crippen LogP contribution in [0.1, 0.15) is 37.9 Å². The predicted octanol–water partition coefficient (Wildman–Crippen LogP) is 2.72. The lowest BCUT2D eigenvalue weighted by Gasteiger charge is -2.35. The summed E-state index contributed by atoms with van der Waals surface area (Å²) < 4.78 is 46.2. The van der Waals surface area contributed by atoms with E-state index < -0.39 is 20.6 Å². The summed E-state index contributed by atoms with van der Waals surface area (Å²) in [6.45, 7) is 4.46. The molecule has 0 bridgehead atoms. The molecule has 1 saturated carbocycles. The number of hydrogen-bond acceptors (Lipinski definition) is 7. The minimum Gasteiger partial charge on any atom is -0.377 e. The fourth-order valence-electron chi connectivity index (χ4n) is 4.14. The van der Waals surface area contributed by atoms with Crippen molar-refractivity contribution in [2.45, 2.75) is 49.5 Å². The van der Waals surface area contributed by atoms with Gasteiger partial charge in [-0.1, -0.05) is 0 Å². The molecule has 0 spiro atoms. The molecule has 0 radical (unpaired) electrons. The van der Waals surface area contributed by atoms with Gasteiger partial charge in [-0.15, -0.1) is 0 Å². The normalized spacial score (nSPS) is 26.0. The number of rotatable bonds is 4. The van der Waals surface area contributed by atoms with E-state index in [0.29, 0.717) is 42.4 Å². The van der Waals surface area contributed by atoms with E-state index in [4.69, 9.17) is 4.74 Å². The van der Waals surface area contributed by atoms with Crippen LogP contribution in [0.25, 0.3) is 11.4 Å². The Labute approximate surface area is 191 Å². The maximum absolute atomic E-state index is 15.5. The molecule has 2 aliphatic heterocycles. The molecule has 11 heteroatoms. The Kier molecular flexibility index (Phi) is 5.28. The van der Waals surface area contributed by atoms with Gasteiger partial charge in [-0.3, -0.25) is 0 Å². The molecule has 1 aromatic carbocycles. The maximum atomic E-state index is 15.5. The SMILES string of the molecule is C[C@H]1COCCN1c1nc(-c2ccc(NC(=O)NC3CC3)cc2)nc2c1CS(=O)(=O)C2(C)F. The summed E-state index contributed by atoms with van der Waals surface area (Å²) in [6, 6.07) is 6.80. The van der Waals surface area contributed by atoms with Crippen LogP contribution in [0.2, 0.25) is 0 Å². The largest absolute Gasteiger partial charge is 0.377 e. The molecule has 2 amide bonds. The van der Waals surface area contributed by atoms with E-state index in [9.17, 15) is 13.2 Å². The molecule has 2 N–H and O–H groups in total. The van der Waals surface area contributed by atoms with Crippen molar-refractivity contribution in [3.63, 3.8) is 0 Å². The Morgan fingerprint density at radius 2 is 1.97 bits per heavy atom. The first kappa shape index (κ1) is 22.0. The molecule has 3 heterocycles. The molecule has 2 aromatic rings. The van der Waals surface area contributed by atoms with Crippen molar-refractivity contribution in [2.24, 2.45) is 0 Å². The molecule has 1 aliphatic carbocycles. The Bertz CT molecular complexity index is 1200. The van der Waals surface area contributed by atoms with Crippen LogP contribution in [0.4, 0.5) is 20.7 Å². The first-order valence-corrected chi connectivity index (χ1v) is 12.7. The van der Waals surface area contributed by atoms with Crippen molar-refractivity contribution < 1.29 is 22.3 Å². The third-order valence-corrected chi connectivity index (χ3v) is 8.31. The number of sulfone groups is 1. The van der Waals surface area contributed by atoms with E-state index in [-0.39, 0.29) is 29.6 Å². The molecule has 1 saturated heterocycles. The van der Waals surface area contributed by atoms with Crippen molar-refractivity contribution in [1.82, 2.24) is 15.3 Å². The van der Waals surface area contributed by atoms with Crippen LogP contribution < -0.4 is 15.5 Å². The quantitative estimate of drug-likeness (QED) is 0.699. The van der Waals surface area contributed by atoms with Gasteiger partial charge in [-0.05, 0) is 51.0 Å². The van der Waals surface area contributed by atoms with Gasteiger partial charge in [-0.25, -0.2) is 27.6 Å². The van der Waals surface area contributed by atoms with Crippen molar-refractivity contribution in [1.29, 1.82) is 0 Å². The number of ether oxygens (including phenoxy) is 1. The second-order valence-corrected chi connectivity index (χ2v) is 11.2. The van der Waals surface area contributed by atoms with Gasteiger partial charge in [0.1, 0.15) is 11.5 Å². The van der Waals surface area contributed by atoms with E-state index in [1.54, 1.807) is 24.3 Å². The van der Waals surface area contributed by atoms with Crippen LogP contribution in [0.15, 0.2) is 24.3 Å². The van der Waals surface area contributed by atoms with Crippen LogP contribution >= 0.6 is 0 Å². The van der Waals surface area contributed by atoms with Gasteiger partial charge in [-0.2, -0.15) is 0 Å². The molecule has 176 valence electrons. The molecular formula is C22H26FN5O4S. The lowest BCUT2D eigenvalue weighted by molar-refractivity contribution is 0.0984. The highest BCUT2D eigenvalue weighted by Crippen LogP contribution is 2.46. The summed E-state index contributed by atoms with van der Waals surface area (Å²) in [5.74, 6) is 0.229. The fourth-order valence-corrected chi connectivity index (χ4v) is 5.52. The monoisotopic (exact) mass is 475 g/mol. The molecule has 3 aliphatic rings. The number of amides is 2. The Hall–Kier alpha value is -2.79. The molecule has 9 nitrogen and oxygen atoms in total. The maximum Gasteiger partial charge on any atom is 0.319 e. The number of nitrogens with zero attached hydrogens (tertiary/aromatic N) is 3. The molecule has 33 heavy (non-hydrogen) atoms. The first-order valence-electron chi connectivity index (χ1n) is 11.0. The summed E-state index contributed by atoms with van der Waals surface area (Å²) in [5.41, 5.74) is 1.39. The highest BCUT2D eigenvalue weighted by atomic mass is 32.2. The van der Waals surface area contributed by atoms with E-state index in [1.165, 1.54) is 0 Å². The number of hydrogen-bond donors (Lipinski definition) is 2. The summed E-state index contributed by atoms with van der Waals surface area (Å²) in [5, 5.41) is 3.04. The average molecular weight is 476 g/mol. The number of morpholine rings is 1. The zero-order chi connectivity index (χ0) is 23.4. The minimum absolute atomic E-state index is 0.0451. The van der Waals surface area contributed by atoms with Crippen LogP contribution in [-0.4, -0.2) is 56.3 Å². The van der Waals surface area contributed by atoms with Crippen molar-refractivity contribution in [3.8, 4) is 11.4 Å². The molecule has 2 atom stereocenters. The third-order valence-electron chi connectivity index (χ3n) is 6.28. The zero-order valence-electron chi connectivity index (χ0n) is 18.5. The molecule has 1 unspecified atom stereocenters. The number of carbonyl (C=O) groups excluding carboxylic acids is 1. The number of halogens is 1. The van der Waals surface area contributed by atoms with Crippen molar-refractivity contribution in [2.75, 3.05) is 30.0 Å². The second kappa shape index (κ2) is 7.91. The van der Waals surface area contributed by atoms with Crippen molar-refractivity contribution in [3.05, 3.63) is 35.5 Å². The van der Waals surface area contributed by atoms with Gasteiger partial charge < -0.3 is 20.3 Å². The van der Waals surface area contributed by atoms with Gasteiger partial charge in [0.2, 0.25) is 5.00 Å².